The molecule has 2 rings (SSSR count). The van der Waals surface area contributed by atoms with Crippen LogP contribution in [-0.4, -0.2) is 26.4 Å². The van der Waals surface area contributed by atoms with E-state index in [2.05, 4.69) is 15.5 Å². The van der Waals surface area contributed by atoms with Crippen LogP contribution in [0.2, 0.25) is 5.02 Å². The van der Waals surface area contributed by atoms with Crippen LogP contribution >= 0.6 is 23.4 Å². The number of hydrogen-bond acceptors (Lipinski definition) is 4. The van der Waals surface area contributed by atoms with E-state index in [-0.39, 0.29) is 22.4 Å². The number of benzene rings is 1. The normalized spacial score (nSPS) is 10.7. The molecule has 0 saturated heterocycles. The molecule has 5 nitrogen and oxygen atoms in total. The molecule has 118 valence electrons. The highest BCUT2D eigenvalue weighted by molar-refractivity contribution is 7.99. The van der Waals surface area contributed by atoms with Crippen molar-refractivity contribution in [2.24, 2.45) is 0 Å². The Morgan fingerprint density at radius 1 is 1.41 bits per heavy atom. The molecule has 0 bridgehead atoms. The van der Waals surface area contributed by atoms with Crippen LogP contribution in [0.25, 0.3) is 0 Å². The molecule has 0 aliphatic heterocycles. The van der Waals surface area contributed by atoms with Crippen molar-refractivity contribution in [3.05, 3.63) is 34.9 Å². The highest BCUT2D eigenvalue weighted by atomic mass is 35.5. The summed E-state index contributed by atoms with van der Waals surface area (Å²) in [7, 11) is 0. The quantitative estimate of drug-likeness (QED) is 0.817. The number of rotatable bonds is 6. The third kappa shape index (κ3) is 3.98. The van der Waals surface area contributed by atoms with Gasteiger partial charge in [0.05, 0.1) is 11.4 Å². The van der Waals surface area contributed by atoms with Crippen LogP contribution in [0, 0.1) is 5.82 Å². The van der Waals surface area contributed by atoms with E-state index >= 15 is 0 Å². The zero-order valence-corrected chi connectivity index (χ0v) is 13.8. The minimum atomic E-state index is -0.559. The smallest absolute Gasteiger partial charge is 0.234 e. The maximum Gasteiger partial charge on any atom is 0.234 e. The molecule has 0 saturated carbocycles. The van der Waals surface area contributed by atoms with Crippen LogP contribution in [0.15, 0.2) is 23.4 Å². The highest BCUT2D eigenvalue weighted by Crippen LogP contribution is 2.21. The second-order valence-corrected chi connectivity index (χ2v) is 5.84. The largest absolute Gasteiger partial charge is 0.323 e. The van der Waals surface area contributed by atoms with Crippen LogP contribution < -0.4 is 5.32 Å². The van der Waals surface area contributed by atoms with Gasteiger partial charge in [0.2, 0.25) is 5.91 Å². The van der Waals surface area contributed by atoms with Gasteiger partial charge >= 0.3 is 0 Å². The van der Waals surface area contributed by atoms with Crippen molar-refractivity contribution < 1.29 is 9.18 Å². The van der Waals surface area contributed by atoms with E-state index < -0.39 is 5.82 Å². The zero-order chi connectivity index (χ0) is 16.1. The van der Waals surface area contributed by atoms with E-state index in [9.17, 15) is 9.18 Å². The molecule has 1 amide bonds. The maximum atomic E-state index is 13.6. The number of nitrogens with zero attached hydrogens (tertiary/aromatic N) is 3. The Bertz CT molecular complexity index is 677. The molecule has 0 unspecified atom stereocenters. The predicted octanol–water partition coefficient (Wildman–Crippen LogP) is 3.38. The summed E-state index contributed by atoms with van der Waals surface area (Å²) >= 11 is 6.94. The molecular weight excluding hydrogens is 327 g/mol. The van der Waals surface area contributed by atoms with Gasteiger partial charge in [-0.2, -0.15) is 0 Å². The first kappa shape index (κ1) is 16.8. The Morgan fingerprint density at radius 2 is 2.18 bits per heavy atom. The molecule has 0 atom stereocenters. The van der Waals surface area contributed by atoms with Gasteiger partial charge in [0.15, 0.2) is 5.16 Å². The van der Waals surface area contributed by atoms with E-state index in [1.54, 1.807) is 0 Å². The molecular formula is C14H16ClFN4OS. The monoisotopic (exact) mass is 342 g/mol. The molecule has 22 heavy (non-hydrogen) atoms. The molecule has 0 radical (unpaired) electrons. The number of carbonyl (C=O) groups excluding carboxylic acids is 1. The van der Waals surface area contributed by atoms with Gasteiger partial charge in [-0.15, -0.1) is 10.2 Å². The van der Waals surface area contributed by atoms with Crippen LogP contribution in [0.3, 0.4) is 0 Å². The fraction of sp³-hybridized carbons (Fsp3) is 0.357. The summed E-state index contributed by atoms with van der Waals surface area (Å²) in [6.07, 6.45) is 0.781. The number of carbonyl (C=O) groups is 1. The molecule has 0 fully saturated rings. The maximum absolute atomic E-state index is 13.6. The number of nitrogens with one attached hydrogen (secondary N) is 1. The molecule has 0 aliphatic rings. The van der Waals surface area contributed by atoms with Gasteiger partial charge in [-0.05, 0) is 25.1 Å². The highest BCUT2D eigenvalue weighted by Gasteiger charge is 2.13. The number of hydrogen-bond donors (Lipinski definition) is 1. The van der Waals surface area contributed by atoms with E-state index in [1.165, 1.54) is 23.9 Å². The number of amides is 1. The lowest BCUT2D eigenvalue weighted by molar-refractivity contribution is -0.113. The fourth-order valence-electron chi connectivity index (χ4n) is 1.91. The first-order valence-corrected chi connectivity index (χ1v) is 8.21. The van der Waals surface area contributed by atoms with E-state index in [1.807, 2.05) is 18.4 Å². The van der Waals surface area contributed by atoms with Crippen LogP contribution in [0.1, 0.15) is 19.7 Å². The van der Waals surface area contributed by atoms with Crippen molar-refractivity contribution in [3.63, 3.8) is 0 Å². The second-order valence-electron chi connectivity index (χ2n) is 4.46. The fourth-order valence-corrected chi connectivity index (χ4v) is 2.89. The van der Waals surface area contributed by atoms with Gasteiger partial charge in [-0.25, -0.2) is 4.39 Å². The number of aryl methyl sites for hydroxylation is 1. The van der Waals surface area contributed by atoms with Crippen molar-refractivity contribution in [2.75, 3.05) is 11.1 Å². The summed E-state index contributed by atoms with van der Waals surface area (Å²) in [5.74, 6) is 0.143. The Balaban J connectivity index is 1.97. The van der Waals surface area contributed by atoms with Crippen molar-refractivity contribution in [1.82, 2.24) is 14.8 Å². The zero-order valence-electron chi connectivity index (χ0n) is 12.3. The van der Waals surface area contributed by atoms with Crippen molar-refractivity contribution in [1.29, 1.82) is 0 Å². The molecule has 8 heteroatoms. The number of thioether (sulfide) groups is 1. The van der Waals surface area contributed by atoms with Gasteiger partial charge in [-0.3, -0.25) is 4.79 Å². The lowest BCUT2D eigenvalue weighted by Gasteiger charge is -2.07. The van der Waals surface area contributed by atoms with Gasteiger partial charge < -0.3 is 9.88 Å². The summed E-state index contributed by atoms with van der Waals surface area (Å²) < 4.78 is 15.6. The SMILES string of the molecule is CCc1nnc(SCC(=O)Nc2ccc(Cl)cc2F)n1CC. The van der Waals surface area contributed by atoms with Crippen LogP contribution in [0.4, 0.5) is 10.1 Å². The average Bonchev–Trinajstić information content (AvgIpc) is 2.90. The predicted molar refractivity (Wildman–Crippen MR) is 85.8 cm³/mol. The molecule has 1 N–H and O–H groups in total. The van der Waals surface area contributed by atoms with Gasteiger partial charge in [-0.1, -0.05) is 30.3 Å². The van der Waals surface area contributed by atoms with E-state index in [0.29, 0.717) is 5.16 Å². The Labute approximate surface area is 137 Å². The molecule has 1 aromatic heterocycles. The molecule has 2 aromatic rings. The number of halogens is 2. The Kier molecular flexibility index (Phi) is 5.79. The number of anilines is 1. The van der Waals surface area contributed by atoms with Crippen molar-refractivity contribution in [3.8, 4) is 0 Å². The average molecular weight is 343 g/mol. The van der Waals surface area contributed by atoms with Crippen molar-refractivity contribution in [2.45, 2.75) is 32.0 Å². The third-order valence-electron chi connectivity index (χ3n) is 2.96. The molecule has 0 spiro atoms. The molecule has 0 aliphatic carbocycles. The minimum Gasteiger partial charge on any atom is -0.323 e. The summed E-state index contributed by atoms with van der Waals surface area (Å²) in [4.78, 5) is 11.9. The Hall–Kier alpha value is -1.60. The van der Waals surface area contributed by atoms with E-state index in [0.717, 1.165) is 24.9 Å². The second kappa shape index (κ2) is 7.60. The third-order valence-corrected chi connectivity index (χ3v) is 4.17. The van der Waals surface area contributed by atoms with E-state index in [4.69, 9.17) is 11.6 Å². The summed E-state index contributed by atoms with van der Waals surface area (Å²) in [6, 6.07) is 4.12. The van der Waals surface area contributed by atoms with Gasteiger partial charge in [0.25, 0.3) is 0 Å². The minimum absolute atomic E-state index is 0.112. The molecule has 1 aromatic carbocycles. The topological polar surface area (TPSA) is 59.8 Å². The van der Waals surface area contributed by atoms with Gasteiger partial charge in [0, 0.05) is 18.0 Å². The first-order valence-electron chi connectivity index (χ1n) is 6.84. The standard InChI is InChI=1S/C14H16ClFN4OS/c1-3-12-18-19-14(20(12)4-2)22-8-13(21)17-11-6-5-9(15)7-10(11)16/h5-7H,3-4,8H2,1-2H3,(H,17,21). The van der Waals surface area contributed by atoms with Crippen LogP contribution in [0.5, 0.6) is 0 Å². The summed E-state index contributed by atoms with van der Waals surface area (Å²) in [5.41, 5.74) is 0.112. The summed E-state index contributed by atoms with van der Waals surface area (Å²) in [6.45, 7) is 4.74. The lowest BCUT2D eigenvalue weighted by atomic mass is 10.3. The number of aromatic nitrogens is 3. The Morgan fingerprint density at radius 3 is 2.82 bits per heavy atom. The molecule has 1 heterocycles. The van der Waals surface area contributed by atoms with Crippen LogP contribution in [-0.2, 0) is 17.8 Å². The summed E-state index contributed by atoms with van der Waals surface area (Å²) in [5, 5.41) is 11.6. The lowest BCUT2D eigenvalue weighted by Crippen LogP contribution is -2.15. The first-order chi connectivity index (χ1) is 10.5. The van der Waals surface area contributed by atoms with Crippen molar-refractivity contribution >= 4 is 35.0 Å². The van der Waals surface area contributed by atoms with Gasteiger partial charge in [0.1, 0.15) is 11.6 Å².